The Bertz CT molecular complexity index is 586. The van der Waals surface area contributed by atoms with Crippen molar-refractivity contribution in [1.29, 1.82) is 0 Å². The largest absolute Gasteiger partial charge is 0.481 e. The van der Waals surface area contributed by atoms with Crippen LogP contribution in [0.5, 0.6) is 0 Å². The molecule has 0 spiro atoms. The summed E-state index contributed by atoms with van der Waals surface area (Å²) >= 11 is 3.38. The number of imidazole rings is 1. The van der Waals surface area contributed by atoms with Gasteiger partial charge in [0.1, 0.15) is 21.9 Å². The van der Waals surface area contributed by atoms with Gasteiger partial charge in [0.15, 0.2) is 5.76 Å². The number of hydrogen-bond acceptors (Lipinski definition) is 3. The SMILES string of the molecule is Cc1ccc(-c2c(Br)nc(CCC(=O)O)n2C)o1. The molecule has 0 fully saturated rings. The standard InChI is InChI=1S/C12H13BrN2O3/c1-7-3-4-8(18-7)11-12(13)14-9(15(11)2)5-6-10(16)17/h3-4H,5-6H2,1-2H3,(H,16,17). The van der Waals surface area contributed by atoms with E-state index in [1.807, 2.05) is 30.7 Å². The van der Waals surface area contributed by atoms with E-state index in [0.717, 1.165) is 17.2 Å². The summed E-state index contributed by atoms with van der Waals surface area (Å²) in [5, 5.41) is 8.69. The summed E-state index contributed by atoms with van der Waals surface area (Å²) in [7, 11) is 1.85. The molecule has 0 saturated carbocycles. The summed E-state index contributed by atoms with van der Waals surface area (Å²) in [5.41, 5.74) is 0.823. The number of carboxylic acids is 1. The highest BCUT2D eigenvalue weighted by atomic mass is 79.9. The van der Waals surface area contributed by atoms with Gasteiger partial charge in [-0.3, -0.25) is 4.79 Å². The molecule has 6 heteroatoms. The van der Waals surface area contributed by atoms with Gasteiger partial charge in [0, 0.05) is 13.5 Å². The molecular formula is C12H13BrN2O3. The second-order valence-corrected chi connectivity index (χ2v) is 4.78. The van der Waals surface area contributed by atoms with Crippen LogP contribution >= 0.6 is 15.9 Å². The molecule has 0 aliphatic carbocycles. The summed E-state index contributed by atoms with van der Waals surface area (Å²) in [6.07, 6.45) is 0.456. The molecule has 0 atom stereocenters. The van der Waals surface area contributed by atoms with E-state index in [0.29, 0.717) is 16.8 Å². The number of aliphatic carboxylic acids is 1. The van der Waals surface area contributed by atoms with Gasteiger partial charge in [-0.25, -0.2) is 4.98 Å². The molecule has 0 radical (unpaired) electrons. The van der Waals surface area contributed by atoms with Crippen molar-refractivity contribution < 1.29 is 14.3 Å². The number of furan rings is 1. The number of nitrogens with zero attached hydrogens (tertiary/aromatic N) is 2. The second-order valence-electron chi connectivity index (χ2n) is 4.03. The fourth-order valence-corrected chi connectivity index (χ4v) is 2.45. The maximum atomic E-state index is 10.6. The second kappa shape index (κ2) is 4.97. The zero-order valence-electron chi connectivity index (χ0n) is 10.1. The Balaban J connectivity index is 2.35. The molecule has 0 amide bonds. The lowest BCUT2D eigenvalue weighted by Gasteiger charge is -2.03. The first-order valence-electron chi connectivity index (χ1n) is 5.48. The van der Waals surface area contributed by atoms with Gasteiger partial charge in [0.05, 0.1) is 6.42 Å². The van der Waals surface area contributed by atoms with Gasteiger partial charge in [-0.15, -0.1) is 0 Å². The van der Waals surface area contributed by atoms with Crippen LogP contribution in [0.15, 0.2) is 21.2 Å². The van der Waals surface area contributed by atoms with E-state index >= 15 is 0 Å². The van der Waals surface area contributed by atoms with Crippen molar-refractivity contribution in [3.8, 4) is 11.5 Å². The normalized spacial score (nSPS) is 10.8. The monoisotopic (exact) mass is 312 g/mol. The quantitative estimate of drug-likeness (QED) is 0.942. The van der Waals surface area contributed by atoms with Crippen LogP contribution in [0.1, 0.15) is 18.0 Å². The molecule has 96 valence electrons. The van der Waals surface area contributed by atoms with Crippen LogP contribution in [0.4, 0.5) is 0 Å². The Kier molecular flexibility index (Phi) is 3.56. The minimum Gasteiger partial charge on any atom is -0.481 e. The maximum Gasteiger partial charge on any atom is 0.303 e. The van der Waals surface area contributed by atoms with Gasteiger partial charge in [-0.2, -0.15) is 0 Å². The molecule has 2 aromatic rings. The lowest BCUT2D eigenvalue weighted by atomic mass is 10.3. The van der Waals surface area contributed by atoms with Gasteiger partial charge in [0.2, 0.25) is 0 Å². The molecule has 0 saturated heterocycles. The van der Waals surface area contributed by atoms with Crippen LogP contribution in [0.3, 0.4) is 0 Å². The van der Waals surface area contributed by atoms with Crippen molar-refractivity contribution in [3.63, 3.8) is 0 Å². The Labute approximate surface area is 113 Å². The Morgan fingerprint density at radius 1 is 1.56 bits per heavy atom. The number of hydrogen-bond donors (Lipinski definition) is 1. The topological polar surface area (TPSA) is 68.3 Å². The van der Waals surface area contributed by atoms with E-state index in [2.05, 4.69) is 20.9 Å². The Morgan fingerprint density at radius 3 is 2.83 bits per heavy atom. The van der Waals surface area contributed by atoms with E-state index in [4.69, 9.17) is 9.52 Å². The third kappa shape index (κ3) is 2.48. The van der Waals surface area contributed by atoms with Crippen molar-refractivity contribution in [2.45, 2.75) is 19.8 Å². The van der Waals surface area contributed by atoms with Gasteiger partial charge in [-0.05, 0) is 35.0 Å². The average molecular weight is 313 g/mol. The Hall–Kier alpha value is -1.56. The summed E-state index contributed by atoms with van der Waals surface area (Å²) in [6.45, 7) is 1.87. The van der Waals surface area contributed by atoms with Crippen molar-refractivity contribution in [2.75, 3.05) is 0 Å². The third-order valence-electron chi connectivity index (χ3n) is 2.68. The molecule has 0 aromatic carbocycles. The van der Waals surface area contributed by atoms with Crippen LogP contribution in [-0.4, -0.2) is 20.6 Å². The molecule has 2 aromatic heterocycles. The third-order valence-corrected chi connectivity index (χ3v) is 3.23. The van der Waals surface area contributed by atoms with Crippen molar-refractivity contribution in [2.24, 2.45) is 7.05 Å². The Morgan fingerprint density at radius 2 is 2.28 bits per heavy atom. The highest BCUT2D eigenvalue weighted by molar-refractivity contribution is 9.10. The van der Waals surface area contributed by atoms with E-state index in [9.17, 15) is 4.79 Å². The number of carboxylic acid groups (broad SMARTS) is 1. The summed E-state index contributed by atoms with van der Waals surface area (Å²) in [4.78, 5) is 14.9. The zero-order chi connectivity index (χ0) is 13.3. The predicted molar refractivity (Wildman–Crippen MR) is 69.3 cm³/mol. The lowest BCUT2D eigenvalue weighted by molar-refractivity contribution is -0.137. The van der Waals surface area contributed by atoms with Gasteiger partial charge < -0.3 is 14.1 Å². The molecule has 18 heavy (non-hydrogen) atoms. The maximum absolute atomic E-state index is 10.6. The first-order chi connectivity index (χ1) is 8.49. The fraction of sp³-hybridized carbons (Fsp3) is 0.333. The highest BCUT2D eigenvalue weighted by Gasteiger charge is 2.17. The van der Waals surface area contributed by atoms with E-state index in [1.54, 1.807) is 0 Å². The molecule has 0 unspecified atom stereocenters. The van der Waals surface area contributed by atoms with E-state index in [1.165, 1.54) is 0 Å². The molecule has 1 N–H and O–H groups in total. The number of aryl methyl sites for hydroxylation is 2. The number of carbonyl (C=O) groups is 1. The van der Waals surface area contributed by atoms with Crippen LogP contribution in [0.2, 0.25) is 0 Å². The van der Waals surface area contributed by atoms with Gasteiger partial charge >= 0.3 is 5.97 Å². The molecule has 2 heterocycles. The minimum absolute atomic E-state index is 0.0634. The molecule has 5 nitrogen and oxygen atoms in total. The predicted octanol–water partition coefficient (Wildman–Crippen LogP) is 2.77. The number of halogens is 1. The van der Waals surface area contributed by atoms with Crippen LogP contribution < -0.4 is 0 Å². The van der Waals surface area contributed by atoms with Crippen molar-refractivity contribution >= 4 is 21.9 Å². The summed E-state index contributed by atoms with van der Waals surface area (Å²) in [5.74, 6) is 1.43. The lowest BCUT2D eigenvalue weighted by Crippen LogP contribution is -2.03. The molecule has 2 rings (SSSR count). The highest BCUT2D eigenvalue weighted by Crippen LogP contribution is 2.30. The number of rotatable bonds is 4. The van der Waals surface area contributed by atoms with Crippen LogP contribution in [0.25, 0.3) is 11.5 Å². The van der Waals surface area contributed by atoms with Gasteiger partial charge in [-0.1, -0.05) is 0 Å². The smallest absolute Gasteiger partial charge is 0.303 e. The van der Waals surface area contributed by atoms with Crippen LogP contribution in [-0.2, 0) is 18.3 Å². The molecule has 0 bridgehead atoms. The molecule has 0 aliphatic heterocycles. The number of aromatic nitrogens is 2. The first kappa shape index (κ1) is 12.9. The fourth-order valence-electron chi connectivity index (χ4n) is 1.78. The molecular weight excluding hydrogens is 300 g/mol. The van der Waals surface area contributed by atoms with Crippen LogP contribution in [0, 0.1) is 6.92 Å². The average Bonchev–Trinajstić information content (AvgIpc) is 2.81. The molecule has 0 aliphatic rings. The minimum atomic E-state index is -0.829. The first-order valence-corrected chi connectivity index (χ1v) is 6.28. The van der Waals surface area contributed by atoms with Crippen molar-refractivity contribution in [3.05, 3.63) is 28.3 Å². The zero-order valence-corrected chi connectivity index (χ0v) is 11.7. The summed E-state index contributed by atoms with van der Waals surface area (Å²) in [6, 6.07) is 3.75. The summed E-state index contributed by atoms with van der Waals surface area (Å²) < 4.78 is 8.08. The van der Waals surface area contributed by atoms with E-state index in [-0.39, 0.29) is 6.42 Å². The van der Waals surface area contributed by atoms with Crippen molar-refractivity contribution in [1.82, 2.24) is 9.55 Å². The van der Waals surface area contributed by atoms with E-state index < -0.39 is 5.97 Å². The van der Waals surface area contributed by atoms with Gasteiger partial charge in [0.25, 0.3) is 0 Å².